The van der Waals surface area contributed by atoms with Crippen LogP contribution in [0.1, 0.15) is 35.3 Å². The maximum Gasteiger partial charge on any atom is 0.257 e. The molecule has 0 spiro atoms. The van der Waals surface area contributed by atoms with Gasteiger partial charge in [0.1, 0.15) is 5.82 Å². The van der Waals surface area contributed by atoms with Crippen molar-refractivity contribution in [3.05, 3.63) is 45.6 Å². The number of hydrogen-bond acceptors (Lipinski definition) is 2. The minimum absolute atomic E-state index is 0.125. The largest absolute Gasteiger partial charge is 0.307 e. The molecule has 1 aromatic carbocycles. The Bertz CT molecular complexity index is 605. The first-order valence-corrected chi connectivity index (χ1v) is 7.34. The molecule has 0 fully saturated rings. The molecule has 0 atom stereocenters. The van der Waals surface area contributed by atoms with E-state index in [9.17, 15) is 4.79 Å². The van der Waals surface area contributed by atoms with Gasteiger partial charge in [-0.2, -0.15) is 5.10 Å². The minimum Gasteiger partial charge on any atom is -0.307 e. The van der Waals surface area contributed by atoms with Crippen LogP contribution < -0.4 is 5.32 Å². The Labute approximate surface area is 128 Å². The van der Waals surface area contributed by atoms with E-state index in [1.54, 1.807) is 24.0 Å². The number of aryl methyl sites for hydroxylation is 2. The fourth-order valence-electron chi connectivity index (χ4n) is 1.73. The third kappa shape index (κ3) is 3.70. The first-order chi connectivity index (χ1) is 9.49. The van der Waals surface area contributed by atoms with Crippen molar-refractivity contribution in [3.63, 3.8) is 0 Å². The number of hydrogen-bond donors (Lipinski definition) is 1. The van der Waals surface area contributed by atoms with E-state index in [4.69, 9.17) is 0 Å². The van der Waals surface area contributed by atoms with Crippen molar-refractivity contribution in [2.24, 2.45) is 7.05 Å². The fourth-order valence-corrected chi connectivity index (χ4v) is 2.31. The van der Waals surface area contributed by atoms with Crippen LogP contribution in [-0.4, -0.2) is 15.7 Å². The molecule has 0 aliphatic rings. The number of rotatable bonds is 2. The standard InChI is InChI=1S/C13H14BrN3O.C2H6/c1-8-6-10(9(2)11(14)7-8)13(18)16-12-4-5-15-17(12)3;1-2/h4-7H,1-3H3,(H,16,18);1-2H3. The number of amides is 1. The summed E-state index contributed by atoms with van der Waals surface area (Å²) < 4.78 is 2.57. The fraction of sp³-hybridized carbons (Fsp3) is 0.333. The first-order valence-electron chi connectivity index (χ1n) is 6.55. The molecule has 0 bridgehead atoms. The molecule has 108 valence electrons. The molecule has 2 aromatic rings. The quantitative estimate of drug-likeness (QED) is 0.897. The van der Waals surface area contributed by atoms with Crippen molar-refractivity contribution >= 4 is 27.7 Å². The lowest BCUT2D eigenvalue weighted by Gasteiger charge is -2.10. The van der Waals surface area contributed by atoms with E-state index in [1.165, 1.54) is 0 Å². The van der Waals surface area contributed by atoms with Crippen LogP contribution in [-0.2, 0) is 7.05 Å². The highest BCUT2D eigenvalue weighted by atomic mass is 79.9. The molecule has 2 rings (SSSR count). The zero-order valence-corrected chi connectivity index (χ0v) is 14.1. The maximum atomic E-state index is 12.2. The summed E-state index contributed by atoms with van der Waals surface area (Å²) in [4.78, 5) is 12.2. The summed E-state index contributed by atoms with van der Waals surface area (Å²) in [5, 5.41) is 6.86. The van der Waals surface area contributed by atoms with Gasteiger partial charge in [0, 0.05) is 23.2 Å². The molecule has 20 heavy (non-hydrogen) atoms. The lowest BCUT2D eigenvalue weighted by Crippen LogP contribution is -2.16. The average molecular weight is 338 g/mol. The third-order valence-electron chi connectivity index (χ3n) is 2.80. The predicted octanol–water partition coefficient (Wildman–Crippen LogP) is 4.08. The molecular formula is C15H20BrN3O. The Morgan fingerprint density at radius 2 is 1.95 bits per heavy atom. The molecule has 5 heteroatoms. The molecule has 0 radical (unpaired) electrons. The molecule has 4 nitrogen and oxygen atoms in total. The Kier molecular flexibility index (Phi) is 5.95. The van der Waals surface area contributed by atoms with Gasteiger partial charge in [0.15, 0.2) is 0 Å². The van der Waals surface area contributed by atoms with Crippen molar-refractivity contribution in [3.8, 4) is 0 Å². The summed E-state index contributed by atoms with van der Waals surface area (Å²) in [6.07, 6.45) is 1.65. The predicted molar refractivity (Wildman–Crippen MR) is 86.1 cm³/mol. The number of halogens is 1. The van der Waals surface area contributed by atoms with Gasteiger partial charge in [0.25, 0.3) is 5.91 Å². The van der Waals surface area contributed by atoms with E-state index in [0.717, 1.165) is 15.6 Å². The molecule has 1 aromatic heterocycles. The number of carbonyl (C=O) groups excluding carboxylic acids is 1. The molecule has 0 saturated carbocycles. The lowest BCUT2D eigenvalue weighted by atomic mass is 10.1. The number of aromatic nitrogens is 2. The van der Waals surface area contributed by atoms with Crippen LogP contribution in [0.25, 0.3) is 0 Å². The summed E-state index contributed by atoms with van der Waals surface area (Å²) in [5.41, 5.74) is 2.64. The SMILES string of the molecule is CC.Cc1cc(Br)c(C)c(C(=O)Nc2ccnn2C)c1. The molecule has 0 saturated heterocycles. The normalized spacial score (nSPS) is 9.70. The highest BCUT2D eigenvalue weighted by Gasteiger charge is 2.13. The number of nitrogens with zero attached hydrogens (tertiary/aromatic N) is 2. The second kappa shape index (κ2) is 7.24. The molecule has 0 unspecified atom stereocenters. The van der Waals surface area contributed by atoms with Gasteiger partial charge in [-0.05, 0) is 37.1 Å². The van der Waals surface area contributed by atoms with Crippen molar-refractivity contribution in [2.75, 3.05) is 5.32 Å². The van der Waals surface area contributed by atoms with Crippen LogP contribution in [0.3, 0.4) is 0 Å². The zero-order valence-electron chi connectivity index (χ0n) is 12.5. The van der Waals surface area contributed by atoms with Crippen molar-refractivity contribution in [1.29, 1.82) is 0 Å². The monoisotopic (exact) mass is 337 g/mol. The van der Waals surface area contributed by atoms with Gasteiger partial charge in [-0.15, -0.1) is 0 Å². The van der Waals surface area contributed by atoms with Crippen LogP contribution in [0.5, 0.6) is 0 Å². The summed E-state index contributed by atoms with van der Waals surface area (Å²) in [7, 11) is 1.79. The van der Waals surface area contributed by atoms with Crippen LogP contribution in [0, 0.1) is 13.8 Å². The van der Waals surface area contributed by atoms with Gasteiger partial charge in [-0.3, -0.25) is 9.48 Å². The minimum atomic E-state index is -0.125. The maximum absolute atomic E-state index is 12.2. The first kappa shape index (κ1) is 16.4. The zero-order chi connectivity index (χ0) is 15.3. The molecule has 1 N–H and O–H groups in total. The van der Waals surface area contributed by atoms with E-state index in [2.05, 4.69) is 26.3 Å². The van der Waals surface area contributed by atoms with Gasteiger partial charge in [0.05, 0.1) is 6.20 Å². The van der Waals surface area contributed by atoms with E-state index >= 15 is 0 Å². The summed E-state index contributed by atoms with van der Waals surface area (Å²) in [6, 6.07) is 5.64. The Hall–Kier alpha value is -1.62. The number of carbonyl (C=O) groups is 1. The number of nitrogens with one attached hydrogen (secondary N) is 1. The topological polar surface area (TPSA) is 46.9 Å². The summed E-state index contributed by atoms with van der Waals surface area (Å²) in [6.45, 7) is 7.88. The van der Waals surface area contributed by atoms with Crippen LogP contribution in [0.2, 0.25) is 0 Å². The van der Waals surface area contributed by atoms with Gasteiger partial charge < -0.3 is 5.32 Å². The number of anilines is 1. The van der Waals surface area contributed by atoms with Crippen molar-refractivity contribution in [1.82, 2.24) is 9.78 Å². The highest BCUT2D eigenvalue weighted by molar-refractivity contribution is 9.10. The molecule has 1 amide bonds. The smallest absolute Gasteiger partial charge is 0.257 e. The van der Waals surface area contributed by atoms with Gasteiger partial charge in [0.2, 0.25) is 0 Å². The van der Waals surface area contributed by atoms with Gasteiger partial charge in [-0.25, -0.2) is 0 Å². The van der Waals surface area contributed by atoms with E-state index in [-0.39, 0.29) is 5.91 Å². The van der Waals surface area contributed by atoms with Crippen molar-refractivity contribution < 1.29 is 4.79 Å². The Morgan fingerprint density at radius 1 is 1.30 bits per heavy atom. The third-order valence-corrected chi connectivity index (χ3v) is 3.62. The van der Waals surface area contributed by atoms with Crippen molar-refractivity contribution in [2.45, 2.75) is 27.7 Å². The Morgan fingerprint density at radius 3 is 2.50 bits per heavy atom. The summed E-state index contributed by atoms with van der Waals surface area (Å²) in [5.74, 6) is 0.553. The van der Waals surface area contributed by atoms with E-state index in [0.29, 0.717) is 11.4 Å². The summed E-state index contributed by atoms with van der Waals surface area (Å²) >= 11 is 3.46. The van der Waals surface area contributed by atoms with Crippen LogP contribution >= 0.6 is 15.9 Å². The van der Waals surface area contributed by atoms with E-state index in [1.807, 2.05) is 39.8 Å². The highest BCUT2D eigenvalue weighted by Crippen LogP contribution is 2.22. The van der Waals surface area contributed by atoms with E-state index < -0.39 is 0 Å². The van der Waals surface area contributed by atoms with Crippen LogP contribution in [0.4, 0.5) is 5.82 Å². The Balaban J connectivity index is 0.000000956. The lowest BCUT2D eigenvalue weighted by molar-refractivity contribution is 0.102. The molecule has 1 heterocycles. The van der Waals surface area contributed by atoms with Gasteiger partial charge in [-0.1, -0.05) is 29.8 Å². The average Bonchev–Trinajstić information content (AvgIpc) is 2.81. The second-order valence-corrected chi connectivity index (χ2v) is 5.07. The second-order valence-electron chi connectivity index (χ2n) is 4.21. The van der Waals surface area contributed by atoms with Gasteiger partial charge >= 0.3 is 0 Å². The molecular weight excluding hydrogens is 318 g/mol. The van der Waals surface area contributed by atoms with Crippen LogP contribution in [0.15, 0.2) is 28.9 Å². The number of benzene rings is 1. The molecule has 0 aliphatic carbocycles. The molecule has 0 aliphatic heterocycles.